The average Bonchev–Trinajstić information content (AvgIpc) is 3.30. The summed E-state index contributed by atoms with van der Waals surface area (Å²) in [5.41, 5.74) is -4.96. The predicted molar refractivity (Wildman–Crippen MR) is 111 cm³/mol. The number of alkyl halides is 3. The molecule has 0 atom stereocenters. The summed E-state index contributed by atoms with van der Waals surface area (Å²) in [6.07, 6.45) is 0.589. The molecule has 0 aliphatic carbocycles. The van der Waals surface area contributed by atoms with Crippen LogP contribution in [0.2, 0.25) is 0 Å². The standard InChI is InChI=1S/C18H16F3N8O2S.Ni/c1-5-28-8-7-11-9-12(13(10-14(11)28)27-32(30,31)18(19,20)21)25-26-17-24-15(22-3)16(23-4)29(17)6-2;/h9-10H,5-8H2,1-2H3;/q-1;+2. The molecule has 0 spiro atoms. The maximum atomic E-state index is 12.9. The molecule has 1 aliphatic rings. The Bertz CT molecular complexity index is 1280. The number of imidazole rings is 1. The van der Waals surface area contributed by atoms with Gasteiger partial charge in [-0.25, -0.2) is 13.0 Å². The number of nitrogens with zero attached hydrogens (tertiary/aromatic N) is 8. The van der Waals surface area contributed by atoms with Crippen molar-refractivity contribution in [1.29, 1.82) is 0 Å². The van der Waals surface area contributed by atoms with Crippen molar-refractivity contribution in [2.45, 2.75) is 32.3 Å². The van der Waals surface area contributed by atoms with Gasteiger partial charge in [0.05, 0.1) is 12.2 Å². The van der Waals surface area contributed by atoms with Gasteiger partial charge in [0.1, 0.15) is 0 Å². The maximum absolute atomic E-state index is 12.9. The van der Waals surface area contributed by atoms with Crippen molar-refractivity contribution in [1.82, 2.24) is 9.55 Å². The van der Waals surface area contributed by atoms with Crippen LogP contribution in [0.5, 0.6) is 0 Å². The first-order chi connectivity index (χ1) is 15.1. The van der Waals surface area contributed by atoms with Gasteiger partial charge in [-0.05, 0) is 31.9 Å². The van der Waals surface area contributed by atoms with E-state index in [4.69, 9.17) is 13.1 Å². The molecular weight excluding hydrogens is 508 g/mol. The number of anilines is 1. The van der Waals surface area contributed by atoms with Crippen molar-refractivity contribution < 1.29 is 38.1 Å². The number of sulfonamides is 1. The van der Waals surface area contributed by atoms with Gasteiger partial charge in [0, 0.05) is 18.8 Å². The van der Waals surface area contributed by atoms with E-state index in [9.17, 15) is 21.6 Å². The number of likely N-dealkylation sites (N-methyl/N-ethyl adjacent to an activating group) is 1. The van der Waals surface area contributed by atoms with Crippen LogP contribution in [0.3, 0.4) is 0 Å². The zero-order valence-corrected chi connectivity index (χ0v) is 19.0. The summed E-state index contributed by atoms with van der Waals surface area (Å²) in [5.74, 6) is -0.341. The van der Waals surface area contributed by atoms with E-state index < -0.39 is 21.2 Å². The van der Waals surface area contributed by atoms with Crippen molar-refractivity contribution in [2.24, 2.45) is 10.2 Å². The molecule has 0 saturated heterocycles. The topological polar surface area (TPSA) is 103 Å². The molecule has 3 rings (SSSR count). The van der Waals surface area contributed by atoms with E-state index in [1.54, 1.807) is 6.92 Å². The molecule has 0 radical (unpaired) electrons. The van der Waals surface area contributed by atoms with E-state index in [0.717, 1.165) is 5.56 Å². The summed E-state index contributed by atoms with van der Waals surface area (Å²) in [4.78, 5) is 12.2. The molecule has 15 heteroatoms. The fraction of sp³-hybridized carbons (Fsp3) is 0.389. The summed E-state index contributed by atoms with van der Waals surface area (Å²) >= 11 is 0. The smallest absolute Gasteiger partial charge is 0.568 e. The molecule has 0 saturated carbocycles. The van der Waals surface area contributed by atoms with E-state index in [-0.39, 0.29) is 46.3 Å². The van der Waals surface area contributed by atoms with Gasteiger partial charge in [0.2, 0.25) is 0 Å². The first-order valence-corrected chi connectivity index (χ1v) is 10.7. The fourth-order valence-electron chi connectivity index (χ4n) is 3.21. The summed E-state index contributed by atoms with van der Waals surface area (Å²) in [6, 6.07) is 2.68. The molecule has 1 aromatic heterocycles. The van der Waals surface area contributed by atoms with Crippen molar-refractivity contribution >= 4 is 44.7 Å². The number of hydrogen-bond acceptors (Lipinski definition) is 6. The van der Waals surface area contributed by atoms with Crippen LogP contribution in [0.4, 0.5) is 47.8 Å². The Labute approximate surface area is 198 Å². The molecule has 0 fully saturated rings. The van der Waals surface area contributed by atoms with Crippen molar-refractivity contribution in [2.75, 3.05) is 18.0 Å². The predicted octanol–water partition coefficient (Wildman–Crippen LogP) is 5.65. The Hall–Kier alpha value is -3.16. The third-order valence-electron chi connectivity index (χ3n) is 4.74. The van der Waals surface area contributed by atoms with Crippen LogP contribution in [-0.4, -0.2) is 36.6 Å². The first kappa shape index (κ1) is 26.1. The Morgan fingerprint density at radius 2 is 1.88 bits per heavy atom. The molecule has 2 aromatic rings. The average molecular weight is 524 g/mol. The summed E-state index contributed by atoms with van der Waals surface area (Å²) in [7, 11) is -5.82. The van der Waals surface area contributed by atoms with Crippen LogP contribution in [0.25, 0.3) is 14.4 Å². The second-order valence-corrected chi connectivity index (χ2v) is 8.13. The fourth-order valence-corrected chi connectivity index (χ4v) is 3.72. The van der Waals surface area contributed by atoms with Crippen LogP contribution in [0.15, 0.2) is 22.4 Å². The molecule has 2 heterocycles. The zero-order chi connectivity index (χ0) is 23.7. The minimum Gasteiger partial charge on any atom is -0.568 e. The van der Waals surface area contributed by atoms with E-state index in [1.165, 1.54) is 16.7 Å². The molecule has 1 aliphatic heterocycles. The number of hydrogen-bond donors (Lipinski definition) is 0. The van der Waals surface area contributed by atoms with Crippen LogP contribution in [0, 0.1) is 13.1 Å². The molecule has 33 heavy (non-hydrogen) atoms. The quantitative estimate of drug-likeness (QED) is 0.277. The minimum atomic E-state index is -5.82. The summed E-state index contributed by atoms with van der Waals surface area (Å²) < 4.78 is 66.4. The molecule has 0 N–H and O–H groups in total. The Morgan fingerprint density at radius 3 is 2.42 bits per heavy atom. The van der Waals surface area contributed by atoms with E-state index >= 15 is 0 Å². The SMILES string of the molecule is [C-]#[N+]c1nc(N=Nc2cc3c(cc2[N-]S(=O)(=O)C(F)(F)F)N(CC)CC3)n(CC)c1[N+]#[C-].[Ni+2]. The van der Waals surface area contributed by atoms with E-state index in [2.05, 4.69) is 29.6 Å². The molecule has 0 amide bonds. The van der Waals surface area contributed by atoms with Crippen molar-refractivity contribution in [3.8, 4) is 0 Å². The van der Waals surface area contributed by atoms with Gasteiger partial charge < -0.3 is 19.3 Å². The van der Waals surface area contributed by atoms with Gasteiger partial charge in [-0.1, -0.05) is 35.0 Å². The van der Waals surface area contributed by atoms with Crippen LogP contribution < -0.4 is 4.90 Å². The maximum Gasteiger partial charge on any atom is 2.00 e. The minimum absolute atomic E-state index is 0. The number of rotatable bonds is 6. The zero-order valence-electron chi connectivity index (χ0n) is 17.2. The first-order valence-electron chi connectivity index (χ1n) is 9.29. The van der Waals surface area contributed by atoms with Gasteiger partial charge in [0.25, 0.3) is 11.6 Å². The number of azo groups is 1. The summed E-state index contributed by atoms with van der Waals surface area (Å²) in [5, 5.41) is 7.78. The Balaban J connectivity index is 0.00000385. The van der Waals surface area contributed by atoms with E-state index in [1.807, 2.05) is 11.8 Å². The molecular formula is C18H16F3N8NiO2S+. The van der Waals surface area contributed by atoms with Crippen molar-refractivity contribution in [3.63, 3.8) is 0 Å². The van der Waals surface area contributed by atoms with Gasteiger partial charge in [-0.3, -0.25) is 0 Å². The molecule has 0 unspecified atom stereocenters. The molecule has 10 nitrogen and oxygen atoms in total. The molecule has 0 bridgehead atoms. The van der Waals surface area contributed by atoms with Gasteiger partial charge in [-0.15, -0.1) is 5.11 Å². The van der Waals surface area contributed by atoms with Gasteiger partial charge in [0.15, 0.2) is 10.0 Å². The Kier molecular flexibility index (Phi) is 7.73. The van der Waals surface area contributed by atoms with E-state index in [0.29, 0.717) is 25.2 Å². The van der Waals surface area contributed by atoms with Gasteiger partial charge in [-0.2, -0.15) is 13.2 Å². The van der Waals surface area contributed by atoms with Gasteiger partial charge >= 0.3 is 27.9 Å². The monoisotopic (exact) mass is 523 g/mol. The van der Waals surface area contributed by atoms with Crippen LogP contribution >= 0.6 is 0 Å². The number of aromatic nitrogens is 2. The second kappa shape index (κ2) is 9.77. The number of halogens is 3. The number of benzene rings is 1. The molecule has 176 valence electrons. The van der Waals surface area contributed by atoms with Crippen LogP contribution in [-0.2, 0) is 39.5 Å². The third kappa shape index (κ3) is 4.94. The van der Waals surface area contributed by atoms with Crippen molar-refractivity contribution in [3.05, 3.63) is 45.3 Å². The second-order valence-electron chi connectivity index (χ2n) is 6.54. The Morgan fingerprint density at radius 1 is 1.18 bits per heavy atom. The molecule has 1 aromatic carbocycles. The third-order valence-corrected chi connectivity index (χ3v) is 5.76. The number of fused-ring (bicyclic) bond motifs is 1. The normalized spacial score (nSPS) is 13.4. The largest absolute Gasteiger partial charge is 2.00 e. The van der Waals surface area contributed by atoms with Crippen LogP contribution in [0.1, 0.15) is 19.4 Å². The summed E-state index contributed by atoms with van der Waals surface area (Å²) in [6.45, 7) is 19.3.